The first kappa shape index (κ1) is 15.1. The maximum Gasteiger partial charge on any atom is 0.335 e. The molecule has 0 heterocycles. The van der Waals surface area contributed by atoms with Crippen LogP contribution in [-0.4, -0.2) is 22.2 Å². The van der Waals surface area contributed by atoms with Gasteiger partial charge in [0.25, 0.3) is 0 Å². The Labute approximate surface area is 126 Å². The summed E-state index contributed by atoms with van der Waals surface area (Å²) in [5.41, 5.74) is 2.29. The average molecular weight is 302 g/mol. The number of rotatable bonds is 5. The number of aryl methyl sites for hydroxylation is 1. The van der Waals surface area contributed by atoms with E-state index in [2.05, 4.69) is 0 Å². The fourth-order valence-corrected chi connectivity index (χ4v) is 2.72. The summed E-state index contributed by atoms with van der Waals surface area (Å²) >= 11 is 1.52. The van der Waals surface area contributed by atoms with Crippen LogP contribution in [0.5, 0.6) is 0 Å². The van der Waals surface area contributed by atoms with E-state index in [4.69, 9.17) is 10.2 Å². The lowest BCUT2D eigenvalue weighted by molar-refractivity contribution is 0.0685. The molecule has 0 saturated carbocycles. The normalized spacial score (nSPS) is 10.3. The van der Waals surface area contributed by atoms with Crippen molar-refractivity contribution in [3.05, 3.63) is 64.7 Å². The summed E-state index contributed by atoms with van der Waals surface area (Å²) in [4.78, 5) is 22.7. The summed E-state index contributed by atoms with van der Waals surface area (Å²) in [6, 6.07) is 12.0. The predicted molar refractivity (Wildman–Crippen MR) is 81.1 cm³/mol. The van der Waals surface area contributed by atoms with E-state index in [-0.39, 0.29) is 5.56 Å². The number of aromatic carboxylic acids is 2. The molecule has 2 rings (SSSR count). The first-order valence-electron chi connectivity index (χ1n) is 6.26. The molecule has 21 heavy (non-hydrogen) atoms. The molecule has 0 spiro atoms. The van der Waals surface area contributed by atoms with Gasteiger partial charge in [0, 0.05) is 10.6 Å². The lowest BCUT2D eigenvalue weighted by Crippen LogP contribution is -1.99. The van der Waals surface area contributed by atoms with Crippen molar-refractivity contribution in [1.82, 2.24) is 0 Å². The van der Waals surface area contributed by atoms with Gasteiger partial charge in [-0.05, 0) is 42.3 Å². The highest BCUT2D eigenvalue weighted by molar-refractivity contribution is 7.98. The van der Waals surface area contributed by atoms with E-state index >= 15 is 0 Å². The predicted octanol–water partition coefficient (Wildman–Crippen LogP) is 3.68. The Kier molecular flexibility index (Phi) is 4.65. The van der Waals surface area contributed by atoms with Gasteiger partial charge in [-0.25, -0.2) is 9.59 Å². The molecular weight excluding hydrogens is 288 g/mol. The maximum absolute atomic E-state index is 11.1. The molecule has 2 N–H and O–H groups in total. The Bertz CT molecular complexity index is 677. The van der Waals surface area contributed by atoms with Crippen LogP contribution in [0.2, 0.25) is 0 Å². The Morgan fingerprint density at radius 1 is 1.00 bits per heavy atom. The van der Waals surface area contributed by atoms with Gasteiger partial charge in [-0.3, -0.25) is 0 Å². The van der Waals surface area contributed by atoms with Crippen molar-refractivity contribution in [3.8, 4) is 0 Å². The summed E-state index contributed by atoms with van der Waals surface area (Å²) in [6.45, 7) is 1.77. The van der Waals surface area contributed by atoms with Crippen LogP contribution >= 0.6 is 11.8 Å². The van der Waals surface area contributed by atoms with Crippen molar-refractivity contribution < 1.29 is 19.8 Å². The third kappa shape index (κ3) is 3.86. The van der Waals surface area contributed by atoms with E-state index in [1.807, 2.05) is 6.07 Å². The topological polar surface area (TPSA) is 74.6 Å². The van der Waals surface area contributed by atoms with Crippen molar-refractivity contribution in [2.24, 2.45) is 0 Å². The lowest BCUT2D eigenvalue weighted by Gasteiger charge is -2.06. The van der Waals surface area contributed by atoms with Crippen LogP contribution in [-0.2, 0) is 5.75 Å². The molecule has 0 aliphatic carbocycles. The number of hydrogen-bond acceptors (Lipinski definition) is 3. The largest absolute Gasteiger partial charge is 0.478 e. The minimum Gasteiger partial charge on any atom is -0.478 e. The zero-order valence-corrected chi connectivity index (χ0v) is 12.2. The first-order chi connectivity index (χ1) is 9.97. The first-order valence-corrected chi connectivity index (χ1v) is 7.25. The van der Waals surface area contributed by atoms with Gasteiger partial charge in [-0.15, -0.1) is 11.8 Å². The van der Waals surface area contributed by atoms with Gasteiger partial charge in [0.1, 0.15) is 0 Å². The monoisotopic (exact) mass is 302 g/mol. The van der Waals surface area contributed by atoms with Gasteiger partial charge >= 0.3 is 11.9 Å². The highest BCUT2D eigenvalue weighted by Gasteiger charge is 2.08. The van der Waals surface area contributed by atoms with Crippen LogP contribution < -0.4 is 0 Å². The van der Waals surface area contributed by atoms with E-state index in [1.165, 1.54) is 11.8 Å². The van der Waals surface area contributed by atoms with E-state index in [0.717, 1.165) is 16.0 Å². The molecule has 4 nitrogen and oxygen atoms in total. The fourth-order valence-electron chi connectivity index (χ4n) is 1.83. The Balaban J connectivity index is 2.07. The SMILES string of the molecule is Cc1ccc(SCc2ccc(C(=O)O)cc2)cc1C(=O)O. The molecule has 0 amide bonds. The Hall–Kier alpha value is -2.27. The van der Waals surface area contributed by atoms with E-state index in [1.54, 1.807) is 43.3 Å². The zero-order valence-electron chi connectivity index (χ0n) is 11.4. The molecule has 0 radical (unpaired) electrons. The standard InChI is InChI=1S/C16H14O4S/c1-10-2-7-13(8-14(10)16(19)20)21-9-11-3-5-12(6-4-11)15(17)18/h2-8H,9H2,1H3,(H,17,18)(H,19,20). The third-order valence-corrected chi connectivity index (χ3v) is 4.11. The number of benzene rings is 2. The summed E-state index contributed by atoms with van der Waals surface area (Å²) in [5, 5.41) is 17.9. The minimum absolute atomic E-state index is 0.257. The number of carboxylic acids is 2. The van der Waals surface area contributed by atoms with Gasteiger partial charge in [0.15, 0.2) is 0 Å². The molecule has 0 fully saturated rings. The zero-order chi connectivity index (χ0) is 15.4. The van der Waals surface area contributed by atoms with Gasteiger partial charge in [0.2, 0.25) is 0 Å². The van der Waals surface area contributed by atoms with Crippen molar-refractivity contribution in [1.29, 1.82) is 0 Å². The van der Waals surface area contributed by atoms with Gasteiger partial charge in [-0.1, -0.05) is 18.2 Å². The van der Waals surface area contributed by atoms with Crippen LogP contribution in [0.15, 0.2) is 47.4 Å². The smallest absolute Gasteiger partial charge is 0.335 e. The van der Waals surface area contributed by atoms with E-state index in [9.17, 15) is 9.59 Å². The number of thioether (sulfide) groups is 1. The van der Waals surface area contributed by atoms with Crippen molar-refractivity contribution in [2.45, 2.75) is 17.6 Å². The summed E-state index contributed by atoms with van der Waals surface area (Å²) < 4.78 is 0. The second kappa shape index (κ2) is 6.45. The third-order valence-electron chi connectivity index (χ3n) is 3.05. The minimum atomic E-state index is -0.946. The van der Waals surface area contributed by atoms with Gasteiger partial charge in [0.05, 0.1) is 11.1 Å². The lowest BCUT2D eigenvalue weighted by atomic mass is 10.1. The molecule has 2 aromatic carbocycles. The summed E-state index contributed by atoms with van der Waals surface area (Å²) in [5.74, 6) is -1.22. The van der Waals surface area contributed by atoms with E-state index < -0.39 is 11.9 Å². The van der Waals surface area contributed by atoms with E-state index in [0.29, 0.717) is 11.3 Å². The number of carbonyl (C=O) groups is 2. The molecule has 0 bridgehead atoms. The summed E-state index contributed by atoms with van der Waals surface area (Å²) in [6.07, 6.45) is 0. The maximum atomic E-state index is 11.1. The van der Waals surface area contributed by atoms with Crippen LogP contribution in [0.25, 0.3) is 0 Å². The Morgan fingerprint density at radius 3 is 2.24 bits per heavy atom. The fraction of sp³-hybridized carbons (Fsp3) is 0.125. The molecule has 0 unspecified atom stereocenters. The van der Waals surface area contributed by atoms with Crippen LogP contribution in [0.3, 0.4) is 0 Å². The quantitative estimate of drug-likeness (QED) is 0.824. The Morgan fingerprint density at radius 2 is 1.67 bits per heavy atom. The van der Waals surface area contributed by atoms with Crippen molar-refractivity contribution >= 4 is 23.7 Å². The van der Waals surface area contributed by atoms with Gasteiger partial charge < -0.3 is 10.2 Å². The van der Waals surface area contributed by atoms with Gasteiger partial charge in [-0.2, -0.15) is 0 Å². The number of hydrogen-bond donors (Lipinski definition) is 2. The second-order valence-corrected chi connectivity index (χ2v) is 5.62. The molecule has 0 atom stereocenters. The molecular formula is C16H14O4S. The molecule has 0 aliphatic rings. The van der Waals surface area contributed by atoms with Crippen molar-refractivity contribution in [3.63, 3.8) is 0 Å². The van der Waals surface area contributed by atoms with Crippen LogP contribution in [0, 0.1) is 6.92 Å². The van der Waals surface area contributed by atoms with Crippen molar-refractivity contribution in [2.75, 3.05) is 0 Å². The molecule has 5 heteroatoms. The molecule has 0 saturated heterocycles. The molecule has 2 aromatic rings. The molecule has 0 aliphatic heterocycles. The average Bonchev–Trinajstić information content (AvgIpc) is 2.46. The van der Waals surface area contributed by atoms with Crippen LogP contribution in [0.1, 0.15) is 31.8 Å². The molecule has 108 valence electrons. The highest BCUT2D eigenvalue weighted by Crippen LogP contribution is 2.25. The van der Waals surface area contributed by atoms with Crippen LogP contribution in [0.4, 0.5) is 0 Å². The number of carboxylic acid groups (broad SMARTS) is 2. The summed E-state index contributed by atoms with van der Waals surface area (Å²) in [7, 11) is 0. The molecule has 0 aromatic heterocycles. The second-order valence-electron chi connectivity index (χ2n) is 4.57. The highest BCUT2D eigenvalue weighted by atomic mass is 32.2.